The lowest BCUT2D eigenvalue weighted by molar-refractivity contribution is -0.137. The summed E-state index contributed by atoms with van der Waals surface area (Å²) < 4.78 is 51.8. The zero-order valence-corrected chi connectivity index (χ0v) is 17.3. The van der Waals surface area contributed by atoms with Gasteiger partial charge in [0.2, 0.25) is 0 Å². The van der Waals surface area contributed by atoms with E-state index in [0.29, 0.717) is 16.3 Å². The van der Waals surface area contributed by atoms with Gasteiger partial charge >= 0.3 is 6.18 Å². The molecule has 1 fully saturated rings. The minimum absolute atomic E-state index is 0.251. The molecule has 4 nitrogen and oxygen atoms in total. The van der Waals surface area contributed by atoms with E-state index >= 15 is 0 Å². The molecule has 0 atom stereocenters. The van der Waals surface area contributed by atoms with Crippen LogP contribution in [-0.2, 0) is 11.9 Å². The van der Waals surface area contributed by atoms with Gasteiger partial charge in [-0.05, 0) is 35.9 Å². The van der Waals surface area contributed by atoms with Crippen molar-refractivity contribution >= 4 is 23.3 Å². The van der Waals surface area contributed by atoms with Gasteiger partial charge in [-0.15, -0.1) is 11.8 Å². The molecule has 1 aliphatic rings. The van der Waals surface area contributed by atoms with Crippen LogP contribution in [-0.4, -0.2) is 36.1 Å². The smallest absolute Gasteiger partial charge is 0.368 e. The van der Waals surface area contributed by atoms with Crippen LogP contribution in [0.2, 0.25) is 0 Å². The van der Waals surface area contributed by atoms with Gasteiger partial charge in [-0.3, -0.25) is 0 Å². The van der Waals surface area contributed by atoms with Gasteiger partial charge in [0.15, 0.2) is 0 Å². The highest BCUT2D eigenvalue weighted by Gasteiger charge is 2.30. The topological polar surface area (TPSA) is 32.3 Å². The van der Waals surface area contributed by atoms with E-state index in [9.17, 15) is 17.6 Å². The molecule has 0 spiro atoms. The summed E-state index contributed by atoms with van der Waals surface area (Å²) in [7, 11) is 0. The Kier molecular flexibility index (Phi) is 6.31. The first-order valence-electron chi connectivity index (χ1n) is 9.75. The van der Waals surface area contributed by atoms with Crippen LogP contribution in [0.3, 0.4) is 0 Å². The Labute approximate surface area is 181 Å². The Morgan fingerprint density at radius 2 is 1.58 bits per heavy atom. The highest BCUT2D eigenvalue weighted by molar-refractivity contribution is 7.98. The third-order valence-electron chi connectivity index (χ3n) is 5.06. The summed E-state index contributed by atoms with van der Waals surface area (Å²) in [5.74, 6) is 0.928. The molecular formula is C22H20F4N4S. The first-order valence-corrected chi connectivity index (χ1v) is 10.7. The summed E-state index contributed by atoms with van der Waals surface area (Å²) in [6.07, 6.45) is -2.87. The molecule has 1 saturated heterocycles. The number of benzene rings is 2. The lowest BCUT2D eigenvalue weighted by Gasteiger charge is -2.36. The molecule has 0 aliphatic carbocycles. The Bertz CT molecular complexity index is 1020. The van der Waals surface area contributed by atoms with Crippen molar-refractivity contribution < 1.29 is 17.6 Å². The SMILES string of the molecule is Fc1ccc(N2CCN(c3cc(SCc4cccc(C(F)(F)F)c4)ncn3)CC2)cc1. The van der Waals surface area contributed by atoms with Crippen molar-refractivity contribution in [2.24, 2.45) is 0 Å². The second-order valence-electron chi connectivity index (χ2n) is 7.15. The van der Waals surface area contributed by atoms with Gasteiger partial charge in [0.1, 0.15) is 23.0 Å². The monoisotopic (exact) mass is 448 g/mol. The molecule has 0 saturated carbocycles. The molecule has 162 valence electrons. The predicted octanol–water partition coefficient (Wildman–Crippen LogP) is 5.25. The van der Waals surface area contributed by atoms with Crippen molar-refractivity contribution in [3.8, 4) is 0 Å². The number of halogens is 4. The summed E-state index contributed by atoms with van der Waals surface area (Å²) >= 11 is 1.38. The van der Waals surface area contributed by atoms with Crippen molar-refractivity contribution in [1.82, 2.24) is 9.97 Å². The molecule has 0 amide bonds. The Hall–Kier alpha value is -2.81. The number of aromatic nitrogens is 2. The molecule has 3 aromatic rings. The highest BCUT2D eigenvalue weighted by atomic mass is 32.2. The fourth-order valence-corrected chi connectivity index (χ4v) is 4.23. The van der Waals surface area contributed by atoms with Crippen LogP contribution >= 0.6 is 11.8 Å². The summed E-state index contributed by atoms with van der Waals surface area (Å²) in [4.78, 5) is 13.0. The first-order chi connectivity index (χ1) is 14.9. The van der Waals surface area contributed by atoms with Crippen molar-refractivity contribution in [2.45, 2.75) is 17.0 Å². The fraction of sp³-hybridized carbons (Fsp3) is 0.273. The molecule has 1 aliphatic heterocycles. The third kappa shape index (κ3) is 5.46. The van der Waals surface area contributed by atoms with Crippen molar-refractivity contribution in [3.05, 3.63) is 77.9 Å². The second kappa shape index (κ2) is 9.13. The van der Waals surface area contributed by atoms with Crippen molar-refractivity contribution in [3.63, 3.8) is 0 Å². The van der Waals surface area contributed by atoms with E-state index < -0.39 is 11.7 Å². The minimum atomic E-state index is -4.35. The number of thioether (sulfide) groups is 1. The molecule has 4 rings (SSSR count). The zero-order valence-electron chi connectivity index (χ0n) is 16.5. The van der Waals surface area contributed by atoms with Gasteiger partial charge in [0.25, 0.3) is 0 Å². The number of alkyl halides is 3. The summed E-state index contributed by atoms with van der Waals surface area (Å²) in [5.41, 5.74) is 0.932. The van der Waals surface area contributed by atoms with Crippen LogP contribution in [0.1, 0.15) is 11.1 Å². The van der Waals surface area contributed by atoms with E-state index in [-0.39, 0.29) is 5.82 Å². The molecule has 0 unspecified atom stereocenters. The van der Waals surface area contributed by atoms with Gasteiger partial charge in [-0.25, -0.2) is 14.4 Å². The number of nitrogens with zero attached hydrogens (tertiary/aromatic N) is 4. The van der Waals surface area contributed by atoms with Gasteiger partial charge in [0.05, 0.1) is 5.56 Å². The number of anilines is 2. The molecule has 1 aromatic heterocycles. The number of hydrogen-bond acceptors (Lipinski definition) is 5. The molecule has 9 heteroatoms. The minimum Gasteiger partial charge on any atom is -0.368 e. The van der Waals surface area contributed by atoms with Crippen LogP contribution in [0.5, 0.6) is 0 Å². The van der Waals surface area contributed by atoms with Gasteiger partial charge in [-0.2, -0.15) is 13.2 Å². The van der Waals surface area contributed by atoms with Crippen LogP contribution in [0.15, 0.2) is 66.0 Å². The quantitative estimate of drug-likeness (QED) is 0.302. The Morgan fingerprint density at radius 3 is 2.29 bits per heavy atom. The highest BCUT2D eigenvalue weighted by Crippen LogP contribution is 2.31. The Morgan fingerprint density at radius 1 is 0.871 bits per heavy atom. The lowest BCUT2D eigenvalue weighted by atomic mass is 10.1. The normalized spacial score (nSPS) is 14.7. The van der Waals surface area contributed by atoms with Gasteiger partial charge in [0, 0.05) is 43.7 Å². The van der Waals surface area contributed by atoms with Crippen LogP contribution < -0.4 is 9.80 Å². The van der Waals surface area contributed by atoms with Crippen molar-refractivity contribution in [2.75, 3.05) is 36.0 Å². The average Bonchev–Trinajstić information content (AvgIpc) is 2.78. The van der Waals surface area contributed by atoms with E-state index in [2.05, 4.69) is 19.8 Å². The van der Waals surface area contributed by atoms with Crippen LogP contribution in [0.25, 0.3) is 0 Å². The first kappa shape index (κ1) is 21.4. The van der Waals surface area contributed by atoms with E-state index in [0.717, 1.165) is 43.8 Å². The molecule has 0 N–H and O–H groups in total. The summed E-state index contributed by atoms with van der Waals surface area (Å²) in [5, 5.41) is 0.711. The second-order valence-corrected chi connectivity index (χ2v) is 8.15. The van der Waals surface area contributed by atoms with Crippen LogP contribution in [0.4, 0.5) is 29.1 Å². The van der Waals surface area contributed by atoms with Crippen molar-refractivity contribution in [1.29, 1.82) is 0 Å². The maximum atomic E-state index is 13.1. The van der Waals surface area contributed by atoms with E-state index in [1.807, 2.05) is 6.07 Å². The molecular weight excluding hydrogens is 428 g/mol. The molecule has 31 heavy (non-hydrogen) atoms. The fourth-order valence-electron chi connectivity index (χ4n) is 3.42. The molecule has 2 aromatic carbocycles. The summed E-state index contributed by atoms with van der Waals surface area (Å²) in [6, 6.07) is 13.7. The molecule has 0 bridgehead atoms. The average molecular weight is 448 g/mol. The van der Waals surface area contributed by atoms with E-state index in [1.54, 1.807) is 18.2 Å². The number of rotatable bonds is 5. The van der Waals surface area contributed by atoms with Crippen LogP contribution in [0, 0.1) is 5.82 Å². The van der Waals surface area contributed by atoms with Gasteiger partial charge in [-0.1, -0.05) is 18.2 Å². The zero-order chi connectivity index (χ0) is 21.8. The number of piperazine rings is 1. The number of hydrogen-bond donors (Lipinski definition) is 0. The lowest BCUT2D eigenvalue weighted by Crippen LogP contribution is -2.46. The standard InChI is InChI=1S/C22H20F4N4S/c23-18-4-6-19(7-5-18)29-8-10-30(11-9-29)20-13-21(28-15-27-20)31-14-16-2-1-3-17(12-16)22(24,25)26/h1-7,12-13,15H,8-11,14H2. The maximum Gasteiger partial charge on any atom is 0.416 e. The largest absolute Gasteiger partial charge is 0.416 e. The predicted molar refractivity (Wildman–Crippen MR) is 114 cm³/mol. The maximum absolute atomic E-state index is 13.1. The Balaban J connectivity index is 1.36. The van der Waals surface area contributed by atoms with E-state index in [1.165, 1.54) is 42.4 Å². The van der Waals surface area contributed by atoms with Gasteiger partial charge < -0.3 is 9.80 Å². The molecule has 2 heterocycles. The van der Waals surface area contributed by atoms with E-state index in [4.69, 9.17) is 0 Å². The summed E-state index contributed by atoms with van der Waals surface area (Å²) in [6.45, 7) is 3.07. The molecule has 0 radical (unpaired) electrons. The third-order valence-corrected chi connectivity index (χ3v) is 6.06.